The van der Waals surface area contributed by atoms with E-state index in [0.29, 0.717) is 24.3 Å². The van der Waals surface area contributed by atoms with Crippen LogP contribution in [-0.4, -0.2) is 56.0 Å². The molecule has 1 rings (SSSR count). The molecule has 0 amide bonds. The summed E-state index contributed by atoms with van der Waals surface area (Å²) in [6.07, 6.45) is 3.29. The van der Waals surface area contributed by atoms with Crippen LogP contribution >= 0.6 is 0 Å². The first kappa shape index (κ1) is 18.9. The summed E-state index contributed by atoms with van der Waals surface area (Å²) in [6.45, 7) is 13.3. The van der Waals surface area contributed by atoms with Crippen molar-refractivity contribution in [3.05, 3.63) is 0 Å². The molecule has 1 saturated heterocycles. The lowest BCUT2D eigenvalue weighted by atomic mass is 9.84. The van der Waals surface area contributed by atoms with Crippen LogP contribution in [0.15, 0.2) is 0 Å². The monoisotopic (exact) mass is 318 g/mol. The fourth-order valence-electron chi connectivity index (χ4n) is 3.26. The normalized spacial score (nSPS) is 24.9. The summed E-state index contributed by atoms with van der Waals surface area (Å²) >= 11 is 0. The Bertz CT molecular complexity index is 405. The van der Waals surface area contributed by atoms with Gasteiger partial charge in [0.25, 0.3) is 0 Å². The van der Waals surface area contributed by atoms with E-state index in [2.05, 4.69) is 37.9 Å². The Labute approximate surface area is 131 Å². The van der Waals surface area contributed by atoms with Gasteiger partial charge in [-0.15, -0.1) is 0 Å². The lowest BCUT2D eigenvalue weighted by molar-refractivity contribution is 0.0255. The Balaban J connectivity index is 2.83. The van der Waals surface area contributed by atoms with E-state index in [9.17, 15) is 8.42 Å². The summed E-state index contributed by atoms with van der Waals surface area (Å²) < 4.78 is 23.7. The molecule has 0 spiro atoms. The first-order chi connectivity index (χ1) is 9.84. The van der Waals surface area contributed by atoms with Crippen LogP contribution < -0.4 is 5.32 Å². The van der Waals surface area contributed by atoms with E-state index in [1.165, 1.54) is 0 Å². The third-order valence-corrected chi connectivity index (χ3v) is 7.22. The quantitative estimate of drug-likeness (QED) is 0.746. The molecule has 5 heteroatoms. The summed E-state index contributed by atoms with van der Waals surface area (Å²) in [5.74, 6) is 1.17. The summed E-state index contributed by atoms with van der Waals surface area (Å²) in [6, 6.07) is 0.477. The predicted octanol–water partition coefficient (Wildman–Crippen LogP) is 2.30. The minimum absolute atomic E-state index is 0.118. The van der Waals surface area contributed by atoms with Gasteiger partial charge in [0.2, 0.25) is 0 Å². The number of nitrogens with zero attached hydrogens (tertiary/aromatic N) is 1. The SMILES string of the molecule is CCC(C)C1CN(CCS(=O)(=O)CC)C(CC)(CC)CN1. The first-order valence-electron chi connectivity index (χ1n) is 8.53. The van der Waals surface area contributed by atoms with Crippen molar-refractivity contribution in [1.29, 1.82) is 0 Å². The van der Waals surface area contributed by atoms with Gasteiger partial charge in [0.05, 0.1) is 5.75 Å². The van der Waals surface area contributed by atoms with Crippen LogP contribution in [0.5, 0.6) is 0 Å². The van der Waals surface area contributed by atoms with Crippen LogP contribution in [0, 0.1) is 5.92 Å². The number of hydrogen-bond donors (Lipinski definition) is 1. The third kappa shape index (κ3) is 4.67. The van der Waals surface area contributed by atoms with E-state index >= 15 is 0 Å². The van der Waals surface area contributed by atoms with Gasteiger partial charge in [-0.25, -0.2) is 8.42 Å². The molecule has 0 bridgehead atoms. The number of nitrogens with one attached hydrogen (secondary N) is 1. The minimum atomic E-state index is -2.89. The molecule has 1 aliphatic rings. The van der Waals surface area contributed by atoms with Gasteiger partial charge in [-0.3, -0.25) is 4.90 Å². The maximum atomic E-state index is 11.9. The zero-order valence-electron chi connectivity index (χ0n) is 14.5. The highest BCUT2D eigenvalue weighted by Crippen LogP contribution is 2.29. The van der Waals surface area contributed by atoms with Gasteiger partial charge >= 0.3 is 0 Å². The first-order valence-corrected chi connectivity index (χ1v) is 10.3. The zero-order chi connectivity index (χ0) is 16.1. The standard InChI is InChI=1S/C16H34N2O2S/c1-6-14(5)15-12-18(10-11-21(19,20)9-4)16(7-2,8-3)13-17-15/h14-15,17H,6-13H2,1-5H3. The van der Waals surface area contributed by atoms with Gasteiger partial charge in [0, 0.05) is 37.0 Å². The topological polar surface area (TPSA) is 49.4 Å². The maximum Gasteiger partial charge on any atom is 0.151 e. The Kier molecular flexibility index (Phi) is 7.14. The van der Waals surface area contributed by atoms with Crippen LogP contribution in [0.3, 0.4) is 0 Å². The fourth-order valence-corrected chi connectivity index (χ4v) is 4.05. The molecule has 4 nitrogen and oxygen atoms in total. The Hall–Kier alpha value is -0.130. The lowest BCUT2D eigenvalue weighted by Crippen LogP contribution is -2.66. The maximum absolute atomic E-state index is 11.9. The Morgan fingerprint density at radius 1 is 1.24 bits per heavy atom. The number of rotatable bonds is 8. The predicted molar refractivity (Wildman–Crippen MR) is 90.5 cm³/mol. The van der Waals surface area contributed by atoms with Gasteiger partial charge in [-0.1, -0.05) is 41.0 Å². The molecule has 0 radical (unpaired) electrons. The van der Waals surface area contributed by atoms with Crippen molar-refractivity contribution in [2.24, 2.45) is 5.92 Å². The average Bonchev–Trinajstić information content (AvgIpc) is 2.51. The fraction of sp³-hybridized carbons (Fsp3) is 1.00. The van der Waals surface area contributed by atoms with Gasteiger partial charge in [0.1, 0.15) is 0 Å². The van der Waals surface area contributed by atoms with E-state index in [1.807, 2.05) is 0 Å². The van der Waals surface area contributed by atoms with Gasteiger partial charge in [0.15, 0.2) is 9.84 Å². The second kappa shape index (κ2) is 7.93. The Morgan fingerprint density at radius 3 is 2.33 bits per heavy atom. The highest BCUT2D eigenvalue weighted by Gasteiger charge is 2.39. The number of piperazine rings is 1. The summed E-state index contributed by atoms with van der Waals surface area (Å²) in [7, 11) is -2.89. The summed E-state index contributed by atoms with van der Waals surface area (Å²) in [4.78, 5) is 2.45. The zero-order valence-corrected chi connectivity index (χ0v) is 15.3. The molecule has 1 aliphatic heterocycles. The molecule has 1 fully saturated rings. The van der Waals surface area contributed by atoms with E-state index in [4.69, 9.17) is 0 Å². The van der Waals surface area contributed by atoms with E-state index in [-0.39, 0.29) is 11.3 Å². The van der Waals surface area contributed by atoms with Gasteiger partial charge in [-0.2, -0.15) is 0 Å². The van der Waals surface area contributed by atoms with Crippen molar-refractivity contribution < 1.29 is 8.42 Å². The molecule has 2 unspecified atom stereocenters. The molecule has 0 saturated carbocycles. The molecule has 1 N–H and O–H groups in total. The van der Waals surface area contributed by atoms with Crippen LogP contribution in [0.4, 0.5) is 0 Å². The Morgan fingerprint density at radius 2 is 1.86 bits per heavy atom. The molecule has 0 aromatic heterocycles. The number of sulfone groups is 1. The van der Waals surface area contributed by atoms with Crippen LogP contribution in [-0.2, 0) is 9.84 Å². The minimum Gasteiger partial charge on any atom is -0.311 e. The molecule has 0 aromatic rings. The smallest absolute Gasteiger partial charge is 0.151 e. The average molecular weight is 319 g/mol. The highest BCUT2D eigenvalue weighted by atomic mass is 32.2. The largest absolute Gasteiger partial charge is 0.311 e. The van der Waals surface area contributed by atoms with Gasteiger partial charge < -0.3 is 5.32 Å². The van der Waals surface area contributed by atoms with Crippen molar-refractivity contribution in [2.75, 3.05) is 31.1 Å². The van der Waals surface area contributed by atoms with Crippen LogP contribution in [0.2, 0.25) is 0 Å². The van der Waals surface area contributed by atoms with Gasteiger partial charge in [-0.05, 0) is 18.8 Å². The van der Waals surface area contributed by atoms with Crippen molar-refractivity contribution in [3.8, 4) is 0 Å². The molecule has 21 heavy (non-hydrogen) atoms. The van der Waals surface area contributed by atoms with Crippen molar-refractivity contribution in [1.82, 2.24) is 10.2 Å². The molecular weight excluding hydrogens is 284 g/mol. The van der Waals surface area contributed by atoms with E-state index in [0.717, 1.165) is 32.4 Å². The highest BCUT2D eigenvalue weighted by molar-refractivity contribution is 7.91. The van der Waals surface area contributed by atoms with Crippen LogP contribution in [0.25, 0.3) is 0 Å². The molecule has 0 aliphatic carbocycles. The van der Waals surface area contributed by atoms with Crippen molar-refractivity contribution in [3.63, 3.8) is 0 Å². The van der Waals surface area contributed by atoms with Crippen molar-refractivity contribution in [2.45, 2.75) is 65.5 Å². The second-order valence-electron chi connectivity index (χ2n) is 6.49. The number of hydrogen-bond acceptors (Lipinski definition) is 4. The molecule has 0 aromatic carbocycles. The van der Waals surface area contributed by atoms with Crippen molar-refractivity contribution >= 4 is 9.84 Å². The second-order valence-corrected chi connectivity index (χ2v) is 8.96. The van der Waals surface area contributed by atoms with E-state index in [1.54, 1.807) is 6.92 Å². The lowest BCUT2D eigenvalue weighted by Gasteiger charge is -2.51. The molecule has 1 heterocycles. The summed E-state index contributed by atoms with van der Waals surface area (Å²) in [5.41, 5.74) is 0.118. The third-order valence-electron chi connectivity index (χ3n) is 5.54. The molecule has 2 atom stereocenters. The molecular formula is C16H34N2O2S. The summed E-state index contributed by atoms with van der Waals surface area (Å²) in [5, 5.41) is 3.71. The molecule has 126 valence electrons. The van der Waals surface area contributed by atoms with Crippen LogP contribution in [0.1, 0.15) is 53.9 Å². The van der Waals surface area contributed by atoms with E-state index < -0.39 is 9.84 Å².